The van der Waals surface area contributed by atoms with Crippen molar-refractivity contribution in [3.63, 3.8) is 0 Å². The Balaban J connectivity index is 1.70. The number of carbonyl (C=O) groups is 1. The van der Waals surface area contributed by atoms with Gasteiger partial charge in [0.2, 0.25) is 0 Å². The Kier molecular flexibility index (Phi) is 6.34. The molecule has 0 radical (unpaired) electrons. The van der Waals surface area contributed by atoms with Crippen molar-refractivity contribution >= 4 is 17.3 Å². The first-order valence-electron chi connectivity index (χ1n) is 9.29. The Morgan fingerprint density at radius 3 is 2.38 bits per heavy atom. The zero-order valence-corrected chi connectivity index (χ0v) is 17.1. The fourth-order valence-corrected chi connectivity index (χ4v) is 3.05. The highest BCUT2D eigenvalue weighted by molar-refractivity contribution is 6.05. The lowest BCUT2D eigenvalue weighted by molar-refractivity contribution is 0.102. The summed E-state index contributed by atoms with van der Waals surface area (Å²) >= 11 is 0. The van der Waals surface area contributed by atoms with Gasteiger partial charge in [-0.1, -0.05) is 24.3 Å². The third-order valence-electron chi connectivity index (χ3n) is 4.66. The van der Waals surface area contributed by atoms with Gasteiger partial charge in [-0.2, -0.15) is 0 Å². The normalized spacial score (nSPS) is 10.3. The van der Waals surface area contributed by atoms with E-state index in [4.69, 9.17) is 9.47 Å². The fraction of sp³-hybridized carbons (Fsp3) is 0.217. The zero-order valence-electron chi connectivity index (χ0n) is 17.1. The van der Waals surface area contributed by atoms with Crippen LogP contribution in [0.4, 0.5) is 11.4 Å². The average molecular weight is 391 g/mol. The molecule has 0 saturated heterocycles. The molecule has 0 aliphatic heterocycles. The molecule has 0 saturated carbocycles. The molecule has 1 heterocycles. The van der Waals surface area contributed by atoms with Crippen molar-refractivity contribution in [3.05, 3.63) is 77.1 Å². The molecule has 6 heteroatoms. The summed E-state index contributed by atoms with van der Waals surface area (Å²) in [5, 5.41) is 6.28. The molecule has 1 amide bonds. The Hall–Kier alpha value is -3.54. The number of aryl methyl sites for hydroxylation is 2. The van der Waals surface area contributed by atoms with Gasteiger partial charge < -0.3 is 20.1 Å². The predicted octanol–water partition coefficient (Wildman–Crippen LogP) is 4.58. The number of pyridine rings is 1. The molecule has 0 aliphatic carbocycles. The van der Waals surface area contributed by atoms with E-state index in [1.807, 2.05) is 50.2 Å². The van der Waals surface area contributed by atoms with Crippen molar-refractivity contribution in [1.82, 2.24) is 4.98 Å². The van der Waals surface area contributed by atoms with Crippen molar-refractivity contribution < 1.29 is 14.3 Å². The van der Waals surface area contributed by atoms with Gasteiger partial charge in [0.15, 0.2) is 11.5 Å². The lowest BCUT2D eigenvalue weighted by atomic mass is 10.1. The molecule has 2 N–H and O–H groups in total. The summed E-state index contributed by atoms with van der Waals surface area (Å²) in [6, 6.07) is 13.4. The lowest BCUT2D eigenvalue weighted by Gasteiger charge is -2.13. The van der Waals surface area contributed by atoms with Crippen molar-refractivity contribution in [2.45, 2.75) is 20.4 Å². The number of methoxy groups -OCH3 is 2. The Bertz CT molecular complexity index is 998. The van der Waals surface area contributed by atoms with Gasteiger partial charge in [0.05, 0.1) is 25.5 Å². The molecule has 0 fully saturated rings. The minimum atomic E-state index is -0.190. The van der Waals surface area contributed by atoms with Gasteiger partial charge in [0, 0.05) is 24.6 Å². The number of hydrogen-bond acceptors (Lipinski definition) is 5. The third-order valence-corrected chi connectivity index (χ3v) is 4.66. The maximum absolute atomic E-state index is 12.7. The van der Waals surface area contributed by atoms with Crippen molar-refractivity contribution in [2.75, 3.05) is 24.9 Å². The van der Waals surface area contributed by atoms with E-state index in [0.29, 0.717) is 23.6 Å². The molecule has 29 heavy (non-hydrogen) atoms. The molecule has 6 nitrogen and oxygen atoms in total. The number of amides is 1. The smallest absolute Gasteiger partial charge is 0.257 e. The maximum Gasteiger partial charge on any atom is 0.257 e. The highest BCUT2D eigenvalue weighted by Gasteiger charge is 2.11. The van der Waals surface area contributed by atoms with E-state index in [2.05, 4.69) is 15.6 Å². The number of para-hydroxylation sites is 1. The highest BCUT2D eigenvalue weighted by Crippen LogP contribution is 2.28. The largest absolute Gasteiger partial charge is 0.493 e. The molecule has 150 valence electrons. The van der Waals surface area contributed by atoms with Crippen LogP contribution in [-0.4, -0.2) is 25.1 Å². The number of carbonyl (C=O) groups excluding carboxylic acids is 1. The van der Waals surface area contributed by atoms with Crippen LogP contribution in [0, 0.1) is 13.8 Å². The lowest BCUT2D eigenvalue weighted by Crippen LogP contribution is -2.14. The standard InChI is InChI=1S/C23H25N3O3/c1-15-6-5-7-16(2)22(15)26-23(27)18-11-19(14-24-13-18)25-12-17-8-9-20(28-3)21(10-17)29-4/h5-11,13-14,25H,12H2,1-4H3,(H,26,27). The van der Waals surface area contributed by atoms with E-state index in [0.717, 1.165) is 28.1 Å². The van der Waals surface area contributed by atoms with Gasteiger partial charge in [0.25, 0.3) is 5.91 Å². The van der Waals surface area contributed by atoms with E-state index in [-0.39, 0.29) is 5.91 Å². The number of rotatable bonds is 7. The van der Waals surface area contributed by atoms with Crippen LogP contribution in [0.1, 0.15) is 27.0 Å². The number of anilines is 2. The minimum absolute atomic E-state index is 0.190. The van der Waals surface area contributed by atoms with Gasteiger partial charge in [0.1, 0.15) is 0 Å². The topological polar surface area (TPSA) is 72.5 Å². The summed E-state index contributed by atoms with van der Waals surface area (Å²) in [7, 11) is 3.22. The Morgan fingerprint density at radius 1 is 0.966 bits per heavy atom. The van der Waals surface area contributed by atoms with Gasteiger partial charge in [-0.05, 0) is 48.7 Å². The van der Waals surface area contributed by atoms with Gasteiger partial charge >= 0.3 is 0 Å². The Morgan fingerprint density at radius 2 is 1.69 bits per heavy atom. The molecule has 3 rings (SSSR count). The summed E-state index contributed by atoms with van der Waals surface area (Å²) in [6.07, 6.45) is 3.25. The maximum atomic E-state index is 12.7. The molecule has 0 atom stereocenters. The van der Waals surface area contributed by atoms with Crippen LogP contribution >= 0.6 is 0 Å². The highest BCUT2D eigenvalue weighted by atomic mass is 16.5. The first-order chi connectivity index (χ1) is 14.0. The molecule has 0 aliphatic rings. The van der Waals surface area contributed by atoms with Gasteiger partial charge in [-0.25, -0.2) is 0 Å². The second-order valence-corrected chi connectivity index (χ2v) is 6.73. The van der Waals surface area contributed by atoms with Crippen molar-refractivity contribution in [1.29, 1.82) is 0 Å². The van der Waals surface area contributed by atoms with Crippen molar-refractivity contribution in [3.8, 4) is 11.5 Å². The van der Waals surface area contributed by atoms with E-state index < -0.39 is 0 Å². The number of ether oxygens (including phenoxy) is 2. The first kappa shape index (κ1) is 20.2. The molecule has 0 spiro atoms. The summed E-state index contributed by atoms with van der Waals surface area (Å²) in [5.41, 5.74) is 5.15. The van der Waals surface area contributed by atoms with Crippen LogP contribution in [0.15, 0.2) is 54.9 Å². The number of hydrogen-bond donors (Lipinski definition) is 2. The monoisotopic (exact) mass is 391 g/mol. The zero-order chi connectivity index (χ0) is 20.8. The molecule has 0 unspecified atom stereocenters. The molecule has 0 bridgehead atoms. The molecule has 3 aromatic rings. The molecular weight excluding hydrogens is 366 g/mol. The number of aromatic nitrogens is 1. The third kappa shape index (κ3) is 4.85. The van der Waals surface area contributed by atoms with Gasteiger partial charge in [-0.3, -0.25) is 9.78 Å². The molecule has 2 aromatic carbocycles. The van der Waals surface area contributed by atoms with Crippen LogP contribution in [0.3, 0.4) is 0 Å². The average Bonchev–Trinajstić information content (AvgIpc) is 2.74. The predicted molar refractivity (Wildman–Crippen MR) is 115 cm³/mol. The van der Waals surface area contributed by atoms with Crippen LogP contribution in [-0.2, 0) is 6.54 Å². The van der Waals surface area contributed by atoms with Crippen LogP contribution < -0.4 is 20.1 Å². The number of nitrogens with zero attached hydrogens (tertiary/aromatic N) is 1. The second kappa shape index (κ2) is 9.10. The van der Waals surface area contributed by atoms with Gasteiger partial charge in [-0.15, -0.1) is 0 Å². The molecule has 1 aromatic heterocycles. The van der Waals surface area contributed by atoms with Crippen LogP contribution in [0.5, 0.6) is 11.5 Å². The van der Waals surface area contributed by atoms with Crippen molar-refractivity contribution in [2.24, 2.45) is 0 Å². The summed E-state index contributed by atoms with van der Waals surface area (Å²) in [6.45, 7) is 4.51. The number of nitrogens with one attached hydrogen (secondary N) is 2. The van der Waals surface area contributed by atoms with Crippen LogP contribution in [0.2, 0.25) is 0 Å². The fourth-order valence-electron chi connectivity index (χ4n) is 3.05. The van der Waals surface area contributed by atoms with E-state index in [9.17, 15) is 4.79 Å². The Labute approximate surface area is 170 Å². The van der Waals surface area contributed by atoms with E-state index in [1.54, 1.807) is 32.7 Å². The minimum Gasteiger partial charge on any atom is -0.493 e. The molecular formula is C23H25N3O3. The van der Waals surface area contributed by atoms with Crippen LogP contribution in [0.25, 0.3) is 0 Å². The first-order valence-corrected chi connectivity index (χ1v) is 9.29. The SMILES string of the molecule is COc1ccc(CNc2cncc(C(=O)Nc3c(C)cccc3C)c2)cc1OC. The van der Waals surface area contributed by atoms with E-state index >= 15 is 0 Å². The summed E-state index contributed by atoms with van der Waals surface area (Å²) < 4.78 is 10.6. The summed E-state index contributed by atoms with van der Waals surface area (Å²) in [5.74, 6) is 1.17. The quantitative estimate of drug-likeness (QED) is 0.617. The summed E-state index contributed by atoms with van der Waals surface area (Å²) in [4.78, 5) is 16.9. The number of benzene rings is 2. The van der Waals surface area contributed by atoms with E-state index in [1.165, 1.54) is 0 Å². The second-order valence-electron chi connectivity index (χ2n) is 6.73.